The summed E-state index contributed by atoms with van der Waals surface area (Å²) in [6.07, 6.45) is 0.490. The average Bonchev–Trinajstić information content (AvgIpc) is 2.25. The van der Waals surface area contributed by atoms with Gasteiger partial charge in [-0.15, -0.1) is 0 Å². The zero-order valence-electron chi connectivity index (χ0n) is 8.19. The van der Waals surface area contributed by atoms with Crippen LogP contribution in [0.4, 0.5) is 0 Å². The maximum absolute atomic E-state index is 11.3. The Bertz CT molecular complexity index is 307. The molecule has 0 aliphatic carbocycles. The van der Waals surface area contributed by atoms with Crippen molar-refractivity contribution >= 4 is 5.78 Å². The van der Waals surface area contributed by atoms with Gasteiger partial charge in [0.05, 0.1) is 6.61 Å². The molecule has 3 heteroatoms. The van der Waals surface area contributed by atoms with E-state index in [0.29, 0.717) is 17.7 Å². The first kappa shape index (κ1) is 10.7. The monoisotopic (exact) mass is 194 g/mol. The Labute approximate surface area is 83.3 Å². The highest BCUT2D eigenvalue weighted by atomic mass is 16.5. The lowest BCUT2D eigenvalue weighted by Crippen LogP contribution is -2.03. The van der Waals surface area contributed by atoms with E-state index in [4.69, 9.17) is 9.84 Å². The number of Topliss-reactive ketones (excluding diaryl/α,β-unsaturated/α-hetero) is 1. The van der Waals surface area contributed by atoms with Crippen molar-refractivity contribution < 1.29 is 14.6 Å². The number of rotatable bonds is 5. The first-order valence-corrected chi connectivity index (χ1v) is 4.65. The molecule has 0 heterocycles. The number of ether oxygens (including phenoxy) is 1. The van der Waals surface area contributed by atoms with Gasteiger partial charge in [-0.05, 0) is 12.1 Å². The zero-order chi connectivity index (χ0) is 10.4. The van der Waals surface area contributed by atoms with Gasteiger partial charge in [-0.1, -0.05) is 19.1 Å². The van der Waals surface area contributed by atoms with E-state index in [2.05, 4.69) is 0 Å². The van der Waals surface area contributed by atoms with Crippen molar-refractivity contribution in [2.45, 2.75) is 13.3 Å². The predicted molar refractivity (Wildman–Crippen MR) is 53.6 cm³/mol. The lowest BCUT2D eigenvalue weighted by molar-refractivity contribution is 0.0987. The molecule has 3 nitrogen and oxygen atoms in total. The third kappa shape index (κ3) is 2.85. The van der Waals surface area contributed by atoms with Gasteiger partial charge in [-0.3, -0.25) is 4.79 Å². The average molecular weight is 194 g/mol. The fourth-order valence-electron chi connectivity index (χ4n) is 1.13. The third-order valence-electron chi connectivity index (χ3n) is 1.84. The number of hydrogen-bond donors (Lipinski definition) is 1. The van der Waals surface area contributed by atoms with Crippen molar-refractivity contribution in [3.63, 3.8) is 0 Å². The Morgan fingerprint density at radius 2 is 2.29 bits per heavy atom. The van der Waals surface area contributed by atoms with Crippen LogP contribution in [0.1, 0.15) is 23.7 Å². The van der Waals surface area contributed by atoms with Crippen LogP contribution in [0.2, 0.25) is 0 Å². The van der Waals surface area contributed by atoms with E-state index in [0.717, 1.165) is 0 Å². The number of carbonyl (C=O) groups is 1. The summed E-state index contributed by atoms with van der Waals surface area (Å²) >= 11 is 0. The number of carbonyl (C=O) groups excluding carboxylic acids is 1. The van der Waals surface area contributed by atoms with Gasteiger partial charge in [0.2, 0.25) is 0 Å². The van der Waals surface area contributed by atoms with E-state index in [1.165, 1.54) is 0 Å². The molecule has 0 radical (unpaired) electrons. The van der Waals surface area contributed by atoms with E-state index in [1.807, 2.05) is 6.92 Å². The summed E-state index contributed by atoms with van der Waals surface area (Å²) in [6, 6.07) is 7.00. The minimum absolute atomic E-state index is 0.0219. The molecule has 0 saturated carbocycles. The molecule has 76 valence electrons. The Hall–Kier alpha value is -1.35. The molecule has 0 saturated heterocycles. The second kappa shape index (κ2) is 5.40. The van der Waals surface area contributed by atoms with Crippen LogP contribution >= 0.6 is 0 Å². The molecular weight excluding hydrogens is 180 g/mol. The highest BCUT2D eigenvalue weighted by molar-refractivity contribution is 5.96. The summed E-state index contributed by atoms with van der Waals surface area (Å²) in [5, 5.41) is 8.56. The molecular formula is C11H14O3. The van der Waals surface area contributed by atoms with Crippen LogP contribution in [-0.2, 0) is 0 Å². The minimum atomic E-state index is -0.0219. The van der Waals surface area contributed by atoms with Crippen LogP contribution in [0.15, 0.2) is 24.3 Å². The Balaban J connectivity index is 2.73. The van der Waals surface area contributed by atoms with Crippen LogP contribution in [0, 0.1) is 0 Å². The van der Waals surface area contributed by atoms with Crippen LogP contribution in [0.5, 0.6) is 5.75 Å². The SMILES string of the molecule is CCC(=O)c1cccc(OCCO)c1. The summed E-state index contributed by atoms with van der Waals surface area (Å²) in [5.74, 6) is 0.720. The summed E-state index contributed by atoms with van der Waals surface area (Å²) in [4.78, 5) is 11.3. The first-order chi connectivity index (χ1) is 6.77. The highest BCUT2D eigenvalue weighted by Gasteiger charge is 2.03. The molecule has 0 aliphatic heterocycles. The molecule has 0 atom stereocenters. The smallest absolute Gasteiger partial charge is 0.162 e. The van der Waals surface area contributed by atoms with Gasteiger partial charge in [0.15, 0.2) is 5.78 Å². The topological polar surface area (TPSA) is 46.5 Å². The molecule has 0 unspecified atom stereocenters. The molecule has 0 aromatic heterocycles. The lowest BCUT2D eigenvalue weighted by Gasteiger charge is -2.05. The predicted octanol–water partition coefficient (Wildman–Crippen LogP) is 1.65. The van der Waals surface area contributed by atoms with Crippen molar-refractivity contribution in [2.24, 2.45) is 0 Å². The molecule has 0 aliphatic rings. The molecule has 0 bridgehead atoms. The first-order valence-electron chi connectivity index (χ1n) is 4.65. The van der Waals surface area contributed by atoms with Gasteiger partial charge >= 0.3 is 0 Å². The van der Waals surface area contributed by atoms with Crippen molar-refractivity contribution in [2.75, 3.05) is 13.2 Å². The minimum Gasteiger partial charge on any atom is -0.491 e. The van der Waals surface area contributed by atoms with E-state index in [1.54, 1.807) is 24.3 Å². The number of ketones is 1. The zero-order valence-corrected chi connectivity index (χ0v) is 8.19. The standard InChI is InChI=1S/C11H14O3/c1-2-11(13)9-4-3-5-10(8-9)14-7-6-12/h3-5,8,12H,2,6-7H2,1H3. The van der Waals surface area contributed by atoms with Gasteiger partial charge in [0.25, 0.3) is 0 Å². The van der Waals surface area contributed by atoms with E-state index in [9.17, 15) is 4.79 Å². The van der Waals surface area contributed by atoms with Gasteiger partial charge in [-0.2, -0.15) is 0 Å². The Kier molecular flexibility index (Phi) is 4.13. The third-order valence-corrected chi connectivity index (χ3v) is 1.84. The number of aliphatic hydroxyl groups is 1. The summed E-state index contributed by atoms with van der Waals surface area (Å²) in [5.41, 5.74) is 0.655. The van der Waals surface area contributed by atoms with E-state index < -0.39 is 0 Å². The summed E-state index contributed by atoms with van der Waals surface area (Å²) in [6.45, 7) is 2.05. The second-order valence-electron chi connectivity index (χ2n) is 2.88. The largest absolute Gasteiger partial charge is 0.491 e. The van der Waals surface area contributed by atoms with Gasteiger partial charge in [0.1, 0.15) is 12.4 Å². The molecule has 1 N–H and O–H groups in total. The Morgan fingerprint density at radius 3 is 2.93 bits per heavy atom. The molecule has 0 fully saturated rings. The summed E-state index contributed by atoms with van der Waals surface area (Å²) in [7, 11) is 0. The van der Waals surface area contributed by atoms with Crippen LogP contribution in [-0.4, -0.2) is 24.1 Å². The van der Waals surface area contributed by atoms with Crippen molar-refractivity contribution in [1.82, 2.24) is 0 Å². The molecule has 0 spiro atoms. The molecule has 1 rings (SSSR count). The lowest BCUT2D eigenvalue weighted by atomic mass is 10.1. The maximum atomic E-state index is 11.3. The van der Waals surface area contributed by atoms with Crippen molar-refractivity contribution in [1.29, 1.82) is 0 Å². The quantitative estimate of drug-likeness (QED) is 0.725. The summed E-state index contributed by atoms with van der Waals surface area (Å²) < 4.78 is 5.19. The molecule has 14 heavy (non-hydrogen) atoms. The Morgan fingerprint density at radius 1 is 1.50 bits per heavy atom. The number of hydrogen-bond acceptors (Lipinski definition) is 3. The van der Waals surface area contributed by atoms with Crippen LogP contribution < -0.4 is 4.74 Å². The van der Waals surface area contributed by atoms with Crippen LogP contribution in [0.25, 0.3) is 0 Å². The normalized spacial score (nSPS) is 9.86. The number of benzene rings is 1. The highest BCUT2D eigenvalue weighted by Crippen LogP contribution is 2.14. The van der Waals surface area contributed by atoms with E-state index >= 15 is 0 Å². The number of aliphatic hydroxyl groups excluding tert-OH is 1. The maximum Gasteiger partial charge on any atom is 0.162 e. The fraction of sp³-hybridized carbons (Fsp3) is 0.364. The van der Waals surface area contributed by atoms with Crippen molar-refractivity contribution in [3.05, 3.63) is 29.8 Å². The van der Waals surface area contributed by atoms with Gasteiger partial charge in [0, 0.05) is 12.0 Å². The fourth-order valence-corrected chi connectivity index (χ4v) is 1.13. The van der Waals surface area contributed by atoms with Crippen LogP contribution in [0.3, 0.4) is 0 Å². The second-order valence-corrected chi connectivity index (χ2v) is 2.88. The molecule has 1 aromatic carbocycles. The van der Waals surface area contributed by atoms with Gasteiger partial charge < -0.3 is 9.84 Å². The van der Waals surface area contributed by atoms with Crippen molar-refractivity contribution in [3.8, 4) is 5.75 Å². The van der Waals surface area contributed by atoms with E-state index in [-0.39, 0.29) is 19.0 Å². The molecule has 0 amide bonds. The van der Waals surface area contributed by atoms with Gasteiger partial charge in [-0.25, -0.2) is 0 Å². The molecule has 1 aromatic rings.